The lowest BCUT2D eigenvalue weighted by Gasteiger charge is -2.22. The van der Waals surface area contributed by atoms with Crippen molar-refractivity contribution in [2.75, 3.05) is 6.61 Å². The summed E-state index contributed by atoms with van der Waals surface area (Å²) in [5.41, 5.74) is 0. The van der Waals surface area contributed by atoms with Crippen molar-refractivity contribution in [3.8, 4) is 0 Å². The molecule has 0 aliphatic carbocycles. The molecule has 0 aromatic rings. The van der Waals surface area contributed by atoms with Gasteiger partial charge in [-0.2, -0.15) is 0 Å². The first-order valence-electron chi connectivity index (χ1n) is 35.0. The van der Waals surface area contributed by atoms with Crippen molar-refractivity contribution in [3.05, 3.63) is 60.8 Å². The third-order valence-electron chi connectivity index (χ3n) is 16.3. The van der Waals surface area contributed by atoms with E-state index >= 15 is 0 Å². The number of aliphatic hydroxyl groups is 2. The van der Waals surface area contributed by atoms with Crippen LogP contribution in [0.4, 0.5) is 0 Å². The molecule has 1 amide bonds. The average Bonchev–Trinajstić information content (AvgIpc) is 3.43. The largest absolute Gasteiger partial charge is 0.394 e. The fraction of sp³-hybridized carbons (Fsp3) is 0.849. The Morgan fingerprint density at radius 3 is 0.857 bits per heavy atom. The SMILES string of the molecule is CC/C=C\C/C=C\C/C=C\C/C=C\C/C=C\CCCCCCCCCCCCCCCCCCCC(=O)NC(CO)C(O)CCCCCCCCCCCCCCCCCCCCCCCCCCCCCCCCCC. The van der Waals surface area contributed by atoms with Gasteiger partial charge in [-0.25, -0.2) is 0 Å². The lowest BCUT2D eigenvalue weighted by molar-refractivity contribution is -0.123. The van der Waals surface area contributed by atoms with Gasteiger partial charge in [0.2, 0.25) is 5.91 Å². The van der Waals surface area contributed by atoms with Gasteiger partial charge in [0.1, 0.15) is 0 Å². The van der Waals surface area contributed by atoms with Crippen LogP contribution in [0.2, 0.25) is 0 Å². The first-order chi connectivity index (χ1) is 38.2. The Bertz CT molecular complexity index is 1270. The summed E-state index contributed by atoms with van der Waals surface area (Å²) >= 11 is 0. The van der Waals surface area contributed by atoms with E-state index in [0.29, 0.717) is 12.8 Å². The van der Waals surface area contributed by atoms with Crippen LogP contribution in [-0.4, -0.2) is 34.9 Å². The van der Waals surface area contributed by atoms with Crippen LogP contribution in [0.25, 0.3) is 0 Å². The Balaban J connectivity index is 3.41. The molecule has 0 bridgehead atoms. The average molecular weight is 1080 g/mol. The van der Waals surface area contributed by atoms with Crippen molar-refractivity contribution >= 4 is 5.91 Å². The Kier molecular flexibility index (Phi) is 66.7. The highest BCUT2D eigenvalue weighted by molar-refractivity contribution is 5.76. The van der Waals surface area contributed by atoms with Crippen molar-refractivity contribution in [2.45, 2.75) is 392 Å². The van der Waals surface area contributed by atoms with Crippen molar-refractivity contribution in [3.63, 3.8) is 0 Å². The molecule has 0 rings (SSSR count). The topological polar surface area (TPSA) is 69.6 Å². The number of unbranched alkanes of at least 4 members (excludes halogenated alkanes) is 48. The zero-order valence-corrected chi connectivity index (χ0v) is 52.2. The third kappa shape index (κ3) is 64.8. The first kappa shape index (κ1) is 75.1. The summed E-state index contributed by atoms with van der Waals surface area (Å²) < 4.78 is 0. The van der Waals surface area contributed by atoms with Crippen LogP contribution in [-0.2, 0) is 4.79 Å². The minimum absolute atomic E-state index is 0.0258. The molecule has 0 aromatic carbocycles. The van der Waals surface area contributed by atoms with Gasteiger partial charge >= 0.3 is 0 Å². The number of carbonyl (C=O) groups is 1. The number of nitrogens with one attached hydrogen (secondary N) is 1. The number of aliphatic hydroxyl groups excluding tert-OH is 2. The van der Waals surface area contributed by atoms with E-state index < -0.39 is 12.1 Å². The molecular formula is C73H137NO3. The monoisotopic (exact) mass is 1080 g/mol. The zero-order valence-electron chi connectivity index (χ0n) is 52.2. The summed E-state index contributed by atoms with van der Waals surface area (Å²) in [6.07, 6.45) is 97.1. The van der Waals surface area contributed by atoms with Gasteiger partial charge in [-0.1, -0.05) is 376 Å². The summed E-state index contributed by atoms with van der Waals surface area (Å²) in [6, 6.07) is -0.539. The zero-order chi connectivity index (χ0) is 55.5. The van der Waals surface area contributed by atoms with E-state index in [2.05, 4.69) is 79.9 Å². The summed E-state index contributed by atoms with van der Waals surface area (Å²) in [7, 11) is 0. The lowest BCUT2D eigenvalue weighted by Crippen LogP contribution is -2.45. The number of amides is 1. The van der Waals surface area contributed by atoms with E-state index in [1.54, 1.807) is 0 Å². The number of carbonyl (C=O) groups excluding carboxylic acids is 1. The van der Waals surface area contributed by atoms with Crippen LogP contribution in [0.3, 0.4) is 0 Å². The van der Waals surface area contributed by atoms with Crippen molar-refractivity contribution in [1.82, 2.24) is 5.32 Å². The number of rotatable bonds is 65. The van der Waals surface area contributed by atoms with E-state index in [1.807, 2.05) is 0 Å². The van der Waals surface area contributed by atoms with E-state index in [4.69, 9.17) is 0 Å². The van der Waals surface area contributed by atoms with Gasteiger partial charge in [0.05, 0.1) is 18.8 Å². The highest BCUT2D eigenvalue weighted by atomic mass is 16.3. The molecule has 77 heavy (non-hydrogen) atoms. The van der Waals surface area contributed by atoms with Crippen molar-refractivity contribution < 1.29 is 15.0 Å². The van der Waals surface area contributed by atoms with Gasteiger partial charge in [0.15, 0.2) is 0 Å². The molecule has 0 saturated carbocycles. The molecule has 0 aliphatic heterocycles. The predicted molar refractivity (Wildman–Crippen MR) is 345 cm³/mol. The quantitative estimate of drug-likeness (QED) is 0.0420. The van der Waals surface area contributed by atoms with Gasteiger partial charge in [-0.15, -0.1) is 0 Å². The van der Waals surface area contributed by atoms with E-state index in [9.17, 15) is 15.0 Å². The number of hydrogen-bond acceptors (Lipinski definition) is 3. The molecular weight excluding hydrogens is 939 g/mol. The normalized spacial score (nSPS) is 13.0. The van der Waals surface area contributed by atoms with Crippen molar-refractivity contribution in [1.29, 1.82) is 0 Å². The molecule has 0 spiro atoms. The fourth-order valence-electron chi connectivity index (χ4n) is 11.0. The first-order valence-corrected chi connectivity index (χ1v) is 35.0. The third-order valence-corrected chi connectivity index (χ3v) is 16.3. The number of allylic oxidation sites excluding steroid dienone is 10. The summed E-state index contributed by atoms with van der Waals surface area (Å²) in [5.74, 6) is -0.0258. The predicted octanol–water partition coefficient (Wildman–Crippen LogP) is 23.9. The van der Waals surface area contributed by atoms with Gasteiger partial charge in [0, 0.05) is 6.42 Å². The van der Waals surface area contributed by atoms with Gasteiger partial charge in [-0.05, 0) is 57.8 Å². The van der Waals surface area contributed by atoms with Crippen LogP contribution in [0.15, 0.2) is 60.8 Å². The minimum atomic E-state index is -0.663. The van der Waals surface area contributed by atoms with Gasteiger partial charge in [-0.3, -0.25) is 4.79 Å². The van der Waals surface area contributed by atoms with Crippen molar-refractivity contribution in [2.24, 2.45) is 0 Å². The Morgan fingerprint density at radius 1 is 0.325 bits per heavy atom. The molecule has 4 nitrogen and oxygen atoms in total. The highest BCUT2D eigenvalue weighted by Crippen LogP contribution is 2.19. The Labute approximate surface area is 483 Å². The lowest BCUT2D eigenvalue weighted by atomic mass is 10.0. The van der Waals surface area contributed by atoms with Crippen LogP contribution in [0.5, 0.6) is 0 Å². The second kappa shape index (κ2) is 68.4. The van der Waals surface area contributed by atoms with E-state index in [1.165, 1.54) is 295 Å². The maximum atomic E-state index is 12.6. The van der Waals surface area contributed by atoms with Gasteiger partial charge < -0.3 is 15.5 Å². The molecule has 452 valence electrons. The highest BCUT2D eigenvalue weighted by Gasteiger charge is 2.20. The van der Waals surface area contributed by atoms with E-state index in [0.717, 1.165) is 57.8 Å². The Hall–Kier alpha value is -1.91. The molecule has 0 aromatic heterocycles. The summed E-state index contributed by atoms with van der Waals surface area (Å²) in [5, 5.41) is 23.5. The van der Waals surface area contributed by atoms with Crippen LogP contribution < -0.4 is 5.32 Å². The minimum Gasteiger partial charge on any atom is -0.394 e. The molecule has 2 atom stereocenters. The molecule has 0 aliphatic rings. The second-order valence-corrected chi connectivity index (χ2v) is 23.9. The molecule has 0 heterocycles. The van der Waals surface area contributed by atoms with Crippen LogP contribution in [0.1, 0.15) is 380 Å². The molecule has 2 unspecified atom stereocenters. The smallest absolute Gasteiger partial charge is 0.220 e. The van der Waals surface area contributed by atoms with Gasteiger partial charge in [0.25, 0.3) is 0 Å². The van der Waals surface area contributed by atoms with Crippen LogP contribution >= 0.6 is 0 Å². The molecule has 0 saturated heterocycles. The molecule has 0 fully saturated rings. The maximum absolute atomic E-state index is 12.6. The second-order valence-electron chi connectivity index (χ2n) is 23.9. The molecule has 0 radical (unpaired) electrons. The van der Waals surface area contributed by atoms with E-state index in [-0.39, 0.29) is 12.5 Å². The number of hydrogen-bond donors (Lipinski definition) is 3. The summed E-state index contributed by atoms with van der Waals surface area (Å²) in [4.78, 5) is 12.6. The fourth-order valence-corrected chi connectivity index (χ4v) is 11.0. The maximum Gasteiger partial charge on any atom is 0.220 e. The standard InChI is InChI=1S/C73H137NO3/c1-3-5-7-9-11-13-15-17-19-21-23-25-27-29-31-33-35-37-39-41-43-45-47-49-51-53-55-57-59-61-63-65-67-69-73(77)74-71(70-75)72(76)68-66-64-62-60-58-56-54-52-50-48-46-44-42-40-38-36-34-32-30-28-26-24-22-20-18-16-14-12-10-8-6-4-2/h5,7,11,13,17,19,23,25,29,31,71-72,75-76H,3-4,6,8-10,12,14-16,18,20-22,24,26-28,30,32-70H2,1-2H3,(H,74,77)/b7-5-,13-11-,19-17-,25-23-,31-29-. The van der Waals surface area contributed by atoms with Crippen LogP contribution in [0, 0.1) is 0 Å². The Morgan fingerprint density at radius 2 is 0.571 bits per heavy atom. The summed E-state index contributed by atoms with van der Waals surface area (Å²) in [6.45, 7) is 4.28. The molecule has 4 heteroatoms. The molecule has 3 N–H and O–H groups in total.